The van der Waals surface area contributed by atoms with Crippen molar-refractivity contribution >= 4 is 0 Å². The van der Waals surface area contributed by atoms with Crippen molar-refractivity contribution in [2.24, 2.45) is 5.41 Å². The lowest BCUT2D eigenvalue weighted by molar-refractivity contribution is 0.0173. The van der Waals surface area contributed by atoms with Crippen LogP contribution in [0.15, 0.2) is 0 Å². The predicted molar refractivity (Wildman–Crippen MR) is 53.4 cm³/mol. The van der Waals surface area contributed by atoms with Crippen LogP contribution in [-0.4, -0.2) is 25.8 Å². The van der Waals surface area contributed by atoms with Crippen LogP contribution in [0.3, 0.4) is 0 Å². The SMILES string of the molecule is CCOC(C)C(NC)C(C)(C)C. The molecule has 0 bridgehead atoms. The molecule has 0 aromatic heterocycles. The van der Waals surface area contributed by atoms with E-state index in [9.17, 15) is 0 Å². The molecule has 0 heterocycles. The van der Waals surface area contributed by atoms with Gasteiger partial charge in [-0.1, -0.05) is 20.8 Å². The molecule has 1 N–H and O–H groups in total. The molecule has 12 heavy (non-hydrogen) atoms. The summed E-state index contributed by atoms with van der Waals surface area (Å²) in [5.74, 6) is 0. The Morgan fingerprint density at radius 2 is 1.83 bits per heavy atom. The molecular formula is C10H23NO. The first kappa shape index (κ1) is 11.9. The smallest absolute Gasteiger partial charge is 0.0704 e. The van der Waals surface area contributed by atoms with Crippen LogP contribution in [0.1, 0.15) is 34.6 Å². The van der Waals surface area contributed by atoms with Gasteiger partial charge in [-0.25, -0.2) is 0 Å². The molecule has 0 saturated carbocycles. The second-order valence-electron chi connectivity index (χ2n) is 4.29. The van der Waals surface area contributed by atoms with Crippen LogP contribution < -0.4 is 5.32 Å². The van der Waals surface area contributed by atoms with Gasteiger partial charge in [0.1, 0.15) is 0 Å². The predicted octanol–water partition coefficient (Wildman–Crippen LogP) is 2.05. The van der Waals surface area contributed by atoms with E-state index in [0.717, 1.165) is 6.61 Å². The summed E-state index contributed by atoms with van der Waals surface area (Å²) in [5.41, 5.74) is 0.253. The van der Waals surface area contributed by atoms with Crippen molar-refractivity contribution in [2.75, 3.05) is 13.7 Å². The van der Waals surface area contributed by atoms with Gasteiger partial charge in [0.25, 0.3) is 0 Å². The minimum atomic E-state index is 0.253. The monoisotopic (exact) mass is 173 g/mol. The zero-order valence-corrected chi connectivity index (χ0v) is 9.27. The van der Waals surface area contributed by atoms with E-state index in [4.69, 9.17) is 4.74 Å². The Kier molecular flexibility index (Phi) is 4.80. The van der Waals surface area contributed by atoms with Gasteiger partial charge in [0.15, 0.2) is 0 Å². The van der Waals surface area contributed by atoms with Crippen LogP contribution >= 0.6 is 0 Å². The minimum Gasteiger partial charge on any atom is -0.377 e. The summed E-state index contributed by atoms with van der Waals surface area (Å²) in [7, 11) is 1.99. The fourth-order valence-electron chi connectivity index (χ4n) is 1.73. The first-order chi connectivity index (χ1) is 5.43. The molecule has 2 heteroatoms. The normalized spacial score (nSPS) is 17.5. The number of nitrogens with one attached hydrogen (secondary N) is 1. The maximum Gasteiger partial charge on any atom is 0.0704 e. The summed E-state index contributed by atoms with van der Waals surface area (Å²) in [6, 6.07) is 0.414. The number of hydrogen-bond acceptors (Lipinski definition) is 2. The van der Waals surface area contributed by atoms with E-state index in [1.54, 1.807) is 0 Å². The van der Waals surface area contributed by atoms with Crippen molar-refractivity contribution < 1.29 is 4.74 Å². The number of hydrogen-bond donors (Lipinski definition) is 1. The highest BCUT2D eigenvalue weighted by Crippen LogP contribution is 2.22. The second-order valence-corrected chi connectivity index (χ2v) is 4.29. The highest BCUT2D eigenvalue weighted by Gasteiger charge is 2.28. The third kappa shape index (κ3) is 3.55. The third-order valence-corrected chi connectivity index (χ3v) is 2.14. The molecule has 0 aliphatic carbocycles. The Balaban J connectivity index is 4.14. The van der Waals surface area contributed by atoms with Crippen LogP contribution in [0.25, 0.3) is 0 Å². The maximum atomic E-state index is 5.56. The molecule has 0 radical (unpaired) electrons. The van der Waals surface area contributed by atoms with E-state index < -0.39 is 0 Å². The Morgan fingerprint density at radius 1 is 1.33 bits per heavy atom. The van der Waals surface area contributed by atoms with Crippen molar-refractivity contribution in [3.05, 3.63) is 0 Å². The zero-order chi connectivity index (χ0) is 9.78. The molecule has 0 aromatic rings. The van der Waals surface area contributed by atoms with E-state index in [1.807, 2.05) is 14.0 Å². The molecule has 0 fully saturated rings. The molecule has 0 aliphatic rings. The summed E-state index contributed by atoms with van der Waals surface area (Å²) in [5, 5.41) is 3.30. The molecule has 2 unspecified atom stereocenters. The standard InChI is InChI=1S/C10H23NO/c1-7-12-8(2)9(11-6)10(3,4)5/h8-9,11H,7H2,1-6H3. The molecular weight excluding hydrogens is 150 g/mol. The number of likely N-dealkylation sites (N-methyl/N-ethyl adjacent to an activating group) is 1. The van der Waals surface area contributed by atoms with E-state index in [1.165, 1.54) is 0 Å². The average molecular weight is 173 g/mol. The van der Waals surface area contributed by atoms with Gasteiger partial charge in [-0.05, 0) is 26.3 Å². The minimum absolute atomic E-state index is 0.253. The second kappa shape index (κ2) is 4.83. The Labute approximate surface area is 76.7 Å². The topological polar surface area (TPSA) is 21.3 Å². The highest BCUT2D eigenvalue weighted by molar-refractivity contribution is 4.84. The first-order valence-corrected chi connectivity index (χ1v) is 4.72. The highest BCUT2D eigenvalue weighted by atomic mass is 16.5. The average Bonchev–Trinajstić information content (AvgIpc) is 1.85. The lowest BCUT2D eigenvalue weighted by atomic mass is 9.84. The summed E-state index contributed by atoms with van der Waals surface area (Å²) < 4.78 is 5.56. The Bertz CT molecular complexity index is 117. The molecule has 0 spiro atoms. The zero-order valence-electron chi connectivity index (χ0n) is 9.27. The van der Waals surface area contributed by atoms with Gasteiger partial charge >= 0.3 is 0 Å². The largest absolute Gasteiger partial charge is 0.377 e. The number of rotatable bonds is 4. The number of ether oxygens (including phenoxy) is 1. The van der Waals surface area contributed by atoms with Gasteiger partial charge in [0, 0.05) is 12.6 Å². The molecule has 0 amide bonds. The van der Waals surface area contributed by atoms with Crippen LogP contribution in [0, 0.1) is 5.41 Å². The summed E-state index contributed by atoms with van der Waals surface area (Å²) in [4.78, 5) is 0. The van der Waals surface area contributed by atoms with Crippen LogP contribution in [-0.2, 0) is 4.74 Å². The maximum absolute atomic E-state index is 5.56. The molecule has 0 aromatic carbocycles. The molecule has 2 atom stereocenters. The fourth-order valence-corrected chi connectivity index (χ4v) is 1.73. The molecule has 0 aliphatic heterocycles. The van der Waals surface area contributed by atoms with Gasteiger partial charge in [-0.3, -0.25) is 0 Å². The summed E-state index contributed by atoms with van der Waals surface area (Å²) >= 11 is 0. The molecule has 0 saturated heterocycles. The van der Waals surface area contributed by atoms with Crippen molar-refractivity contribution in [1.82, 2.24) is 5.32 Å². The van der Waals surface area contributed by atoms with Crippen LogP contribution in [0.4, 0.5) is 0 Å². The molecule has 2 nitrogen and oxygen atoms in total. The molecule has 0 rings (SSSR count). The fraction of sp³-hybridized carbons (Fsp3) is 1.00. The van der Waals surface area contributed by atoms with E-state index in [0.29, 0.717) is 6.04 Å². The molecule has 74 valence electrons. The summed E-state index contributed by atoms with van der Waals surface area (Å²) in [6.07, 6.45) is 0.278. The lowest BCUT2D eigenvalue weighted by Gasteiger charge is -2.34. The van der Waals surface area contributed by atoms with Gasteiger partial charge < -0.3 is 10.1 Å². The van der Waals surface area contributed by atoms with Crippen LogP contribution in [0.5, 0.6) is 0 Å². The van der Waals surface area contributed by atoms with Crippen molar-refractivity contribution in [3.8, 4) is 0 Å². The van der Waals surface area contributed by atoms with Gasteiger partial charge in [-0.15, -0.1) is 0 Å². The van der Waals surface area contributed by atoms with E-state index in [-0.39, 0.29) is 11.5 Å². The van der Waals surface area contributed by atoms with E-state index >= 15 is 0 Å². The van der Waals surface area contributed by atoms with Gasteiger partial charge in [-0.2, -0.15) is 0 Å². The quantitative estimate of drug-likeness (QED) is 0.702. The Hall–Kier alpha value is -0.0800. The van der Waals surface area contributed by atoms with Crippen molar-refractivity contribution in [2.45, 2.75) is 46.8 Å². The van der Waals surface area contributed by atoms with Crippen molar-refractivity contribution in [3.63, 3.8) is 0 Å². The summed E-state index contributed by atoms with van der Waals surface area (Å²) in [6.45, 7) is 11.6. The Morgan fingerprint density at radius 3 is 2.08 bits per heavy atom. The van der Waals surface area contributed by atoms with E-state index in [2.05, 4.69) is 33.0 Å². The van der Waals surface area contributed by atoms with Gasteiger partial charge in [0.2, 0.25) is 0 Å². The first-order valence-electron chi connectivity index (χ1n) is 4.72. The lowest BCUT2D eigenvalue weighted by Crippen LogP contribution is -2.47. The van der Waals surface area contributed by atoms with Crippen LogP contribution in [0.2, 0.25) is 0 Å². The third-order valence-electron chi connectivity index (χ3n) is 2.14. The van der Waals surface area contributed by atoms with Crippen molar-refractivity contribution in [1.29, 1.82) is 0 Å². The van der Waals surface area contributed by atoms with Gasteiger partial charge in [0.05, 0.1) is 6.10 Å².